The van der Waals surface area contributed by atoms with Gasteiger partial charge in [0.05, 0.1) is 33.3 Å². The van der Waals surface area contributed by atoms with Gasteiger partial charge in [0.2, 0.25) is 6.67 Å². The van der Waals surface area contributed by atoms with Gasteiger partial charge in [0, 0.05) is 25.4 Å². The summed E-state index contributed by atoms with van der Waals surface area (Å²) in [5.41, 5.74) is 0. The molecule has 0 bridgehead atoms. The van der Waals surface area contributed by atoms with Gasteiger partial charge in [-0.05, 0) is 12.8 Å². The van der Waals surface area contributed by atoms with Crippen LogP contribution in [0.15, 0.2) is 24.8 Å². The number of imidazole rings is 2. The summed E-state index contributed by atoms with van der Waals surface area (Å²) < 4.78 is 71.9. The number of nitrogens with zero attached hydrogens (tertiary/aromatic N) is 4. The van der Waals surface area contributed by atoms with Gasteiger partial charge in [-0.2, -0.15) is 9.13 Å². The van der Waals surface area contributed by atoms with Crippen molar-refractivity contribution in [3.8, 4) is 0 Å². The lowest BCUT2D eigenvalue weighted by molar-refractivity contribution is -0.917. The smallest absolute Gasteiger partial charge is 0.256 e. The van der Waals surface area contributed by atoms with Gasteiger partial charge in [-0.15, -0.1) is 0 Å². The summed E-state index contributed by atoms with van der Waals surface area (Å²) in [6.45, 7) is 5.20. The molecule has 0 saturated carbocycles. The molecule has 0 unspecified atom stereocenters. The van der Waals surface area contributed by atoms with Crippen LogP contribution in [0.5, 0.6) is 0 Å². The van der Waals surface area contributed by atoms with Crippen LogP contribution in [0.4, 0.5) is 0 Å². The summed E-state index contributed by atoms with van der Waals surface area (Å²) in [5.74, 6) is 1.05. The zero-order chi connectivity index (χ0) is 20.2. The van der Waals surface area contributed by atoms with Crippen molar-refractivity contribution in [3.63, 3.8) is 0 Å². The average molecular weight is 421 g/mol. The fourth-order valence-corrected chi connectivity index (χ4v) is 3.81. The Morgan fingerprint density at radius 3 is 1.52 bits per heavy atom. The lowest BCUT2D eigenvalue weighted by atomic mass is 10.4. The normalized spacial score (nSPS) is 12.6. The Morgan fingerprint density at radius 1 is 0.815 bits per heavy atom. The maximum Gasteiger partial charge on any atom is 0.256 e. The van der Waals surface area contributed by atoms with Crippen LogP contribution in [0, 0.1) is 13.8 Å². The van der Waals surface area contributed by atoms with Crippen molar-refractivity contribution < 1.29 is 35.1 Å². The van der Waals surface area contributed by atoms with E-state index in [0.717, 1.165) is 11.6 Å². The van der Waals surface area contributed by atoms with Gasteiger partial charge >= 0.3 is 0 Å². The molecule has 2 heterocycles. The number of rotatable bonds is 10. The van der Waals surface area contributed by atoms with E-state index in [-0.39, 0.29) is 24.3 Å². The first kappa shape index (κ1) is 21.5. The Bertz CT molecular complexity index is 911. The molecule has 2 aromatic rings. The highest BCUT2D eigenvalue weighted by atomic mass is 32.2. The molecule has 12 heteroatoms. The van der Waals surface area contributed by atoms with E-state index in [1.807, 2.05) is 56.9 Å². The SMILES string of the molecule is Cc1n(CCCS(=O)(=O)[O-])cc[n+]1C[n+]1ccn(CCCS(=O)(=O)[O-])c1C. The molecule has 0 spiro atoms. The van der Waals surface area contributed by atoms with E-state index in [9.17, 15) is 25.9 Å². The predicted octanol–water partition coefficient (Wildman–Crippen LogP) is -1.14. The van der Waals surface area contributed by atoms with Crippen LogP contribution in [0.25, 0.3) is 0 Å². The lowest BCUT2D eigenvalue weighted by Crippen LogP contribution is -2.53. The van der Waals surface area contributed by atoms with Gasteiger partial charge in [0.1, 0.15) is 24.8 Å². The van der Waals surface area contributed by atoms with Gasteiger partial charge in [0.15, 0.2) is 0 Å². The summed E-state index contributed by atoms with van der Waals surface area (Å²) in [7, 11) is -8.41. The third-order valence-corrected chi connectivity index (χ3v) is 5.98. The lowest BCUT2D eigenvalue weighted by Gasteiger charge is -2.06. The molecule has 0 radical (unpaired) electrons. The molecular weight excluding hydrogens is 396 g/mol. The Kier molecular flexibility index (Phi) is 6.78. The zero-order valence-electron chi connectivity index (χ0n) is 15.3. The van der Waals surface area contributed by atoms with E-state index in [0.29, 0.717) is 19.8 Å². The zero-order valence-corrected chi connectivity index (χ0v) is 16.9. The summed E-state index contributed by atoms with van der Waals surface area (Å²) in [6, 6.07) is 0. The molecule has 0 saturated heterocycles. The molecule has 0 aliphatic carbocycles. The van der Waals surface area contributed by atoms with Crippen LogP contribution in [-0.4, -0.2) is 46.6 Å². The van der Waals surface area contributed by atoms with Crippen molar-refractivity contribution in [2.45, 2.75) is 46.4 Å². The second kappa shape index (κ2) is 8.50. The molecule has 10 nitrogen and oxygen atoms in total. The molecule has 2 rings (SSSR count). The molecule has 0 aliphatic rings. The summed E-state index contributed by atoms with van der Waals surface area (Å²) >= 11 is 0. The highest BCUT2D eigenvalue weighted by Crippen LogP contribution is 2.00. The first-order valence-electron chi connectivity index (χ1n) is 8.44. The summed E-state index contributed by atoms with van der Waals surface area (Å²) in [4.78, 5) is 0. The molecule has 0 amide bonds. The largest absolute Gasteiger partial charge is 0.748 e. The molecule has 0 aromatic carbocycles. The Balaban J connectivity index is 1.99. The minimum atomic E-state index is -4.20. The van der Waals surface area contributed by atoms with Crippen molar-refractivity contribution >= 4 is 20.2 Å². The molecule has 0 N–H and O–H groups in total. The third kappa shape index (κ3) is 6.72. The third-order valence-electron chi connectivity index (χ3n) is 4.41. The van der Waals surface area contributed by atoms with Gasteiger partial charge in [-0.1, -0.05) is 0 Å². The van der Waals surface area contributed by atoms with E-state index >= 15 is 0 Å². The van der Waals surface area contributed by atoms with E-state index in [4.69, 9.17) is 0 Å². The number of hydrogen-bond acceptors (Lipinski definition) is 6. The maximum absolute atomic E-state index is 10.7. The van der Waals surface area contributed by atoms with Crippen molar-refractivity contribution in [2.75, 3.05) is 11.5 Å². The van der Waals surface area contributed by atoms with Gasteiger partial charge in [-0.25, -0.2) is 26.0 Å². The minimum Gasteiger partial charge on any atom is -0.748 e. The van der Waals surface area contributed by atoms with Gasteiger partial charge < -0.3 is 9.11 Å². The monoisotopic (exact) mass is 420 g/mol. The molecule has 0 atom stereocenters. The quantitative estimate of drug-likeness (QED) is 0.352. The molecular formula is C15H24N4O6S2. The van der Waals surface area contributed by atoms with Crippen molar-refractivity contribution in [1.82, 2.24) is 9.13 Å². The molecule has 0 aliphatic heterocycles. The van der Waals surface area contributed by atoms with E-state index in [1.54, 1.807) is 0 Å². The first-order chi connectivity index (χ1) is 12.5. The van der Waals surface area contributed by atoms with Gasteiger partial charge in [0.25, 0.3) is 11.6 Å². The molecule has 152 valence electrons. The van der Waals surface area contributed by atoms with Crippen LogP contribution >= 0.6 is 0 Å². The van der Waals surface area contributed by atoms with Crippen LogP contribution < -0.4 is 9.13 Å². The number of aryl methyl sites for hydroxylation is 2. The fraction of sp³-hybridized carbons (Fsp3) is 0.600. The summed E-state index contributed by atoms with van der Waals surface area (Å²) in [5, 5.41) is 0. The Hall–Kier alpha value is -1.76. The van der Waals surface area contributed by atoms with E-state index in [2.05, 4.69) is 0 Å². The van der Waals surface area contributed by atoms with Crippen LogP contribution in [0.2, 0.25) is 0 Å². The fourth-order valence-electron chi connectivity index (χ4n) is 2.84. The van der Waals surface area contributed by atoms with Crippen LogP contribution in [-0.2, 0) is 40.0 Å². The van der Waals surface area contributed by atoms with E-state index in [1.165, 1.54) is 0 Å². The first-order valence-corrected chi connectivity index (χ1v) is 11.6. The van der Waals surface area contributed by atoms with Crippen molar-refractivity contribution in [1.29, 1.82) is 0 Å². The Labute approximate surface area is 159 Å². The molecule has 0 fully saturated rings. The van der Waals surface area contributed by atoms with Crippen molar-refractivity contribution in [2.24, 2.45) is 0 Å². The maximum atomic E-state index is 10.7. The number of aromatic nitrogens is 4. The van der Waals surface area contributed by atoms with E-state index < -0.39 is 20.2 Å². The second-order valence-electron chi connectivity index (χ2n) is 6.39. The molecule has 27 heavy (non-hydrogen) atoms. The van der Waals surface area contributed by atoms with Crippen LogP contribution in [0.1, 0.15) is 24.5 Å². The number of hydrogen-bond donors (Lipinski definition) is 0. The minimum absolute atomic E-state index is 0.256. The van der Waals surface area contributed by atoms with Crippen LogP contribution in [0.3, 0.4) is 0 Å². The van der Waals surface area contributed by atoms with Gasteiger partial charge in [-0.3, -0.25) is 0 Å². The highest BCUT2D eigenvalue weighted by Gasteiger charge is 2.18. The second-order valence-corrected chi connectivity index (χ2v) is 9.44. The standard InChI is InChI=1S/C15H24N4O6S2/c1-14-16(5-3-11-26(20,21)22)7-9-18(14)13-19-10-8-17(15(19)2)6-4-12-27(23,24)25/h7-10H,3-6,11-13H2,1-2H3. The summed E-state index contributed by atoms with van der Waals surface area (Å²) in [6.07, 6.45) is 7.92. The molecule has 2 aromatic heterocycles. The topological polar surface area (TPSA) is 132 Å². The average Bonchev–Trinajstić information content (AvgIpc) is 3.04. The predicted molar refractivity (Wildman–Crippen MR) is 92.5 cm³/mol. The Morgan fingerprint density at radius 2 is 1.19 bits per heavy atom. The highest BCUT2D eigenvalue weighted by molar-refractivity contribution is 7.85. The van der Waals surface area contributed by atoms with Crippen molar-refractivity contribution in [3.05, 3.63) is 36.4 Å².